The van der Waals surface area contributed by atoms with Gasteiger partial charge in [-0.1, -0.05) is 6.92 Å². The number of nitrogens with zero attached hydrogens (tertiary/aromatic N) is 2. The Balaban J connectivity index is 2.35. The van der Waals surface area contributed by atoms with Crippen LogP contribution in [-0.4, -0.2) is 17.8 Å². The van der Waals surface area contributed by atoms with Gasteiger partial charge in [0.1, 0.15) is 18.4 Å². The van der Waals surface area contributed by atoms with Crippen LogP contribution in [0, 0.1) is 6.92 Å². The minimum atomic E-state index is 0.811. The van der Waals surface area contributed by atoms with Crippen LogP contribution in [0.15, 0.2) is 12.5 Å². The molecule has 0 aliphatic carbocycles. The van der Waals surface area contributed by atoms with Crippen molar-refractivity contribution in [1.82, 2.24) is 4.57 Å². The molecule has 0 spiro atoms. The van der Waals surface area contributed by atoms with Crippen LogP contribution in [0.1, 0.15) is 26.0 Å². The number of aromatic nitrogens is 2. The first-order chi connectivity index (χ1) is 6.77. The van der Waals surface area contributed by atoms with Gasteiger partial charge in [-0.25, -0.2) is 9.13 Å². The average molecular weight is 197 g/mol. The monoisotopic (exact) mass is 197 g/mol. The molecule has 0 atom stereocenters. The smallest absolute Gasteiger partial charge is 0.244 e. The topological polar surface area (TPSA) is 18.0 Å². The van der Waals surface area contributed by atoms with Crippen molar-refractivity contribution in [2.24, 2.45) is 0 Å². The summed E-state index contributed by atoms with van der Waals surface area (Å²) in [5.41, 5.74) is 1.31. The highest BCUT2D eigenvalue weighted by atomic mass is 16.5. The number of aryl methyl sites for hydroxylation is 2. The predicted octanol–water partition coefficient (Wildman–Crippen LogP) is 1.53. The van der Waals surface area contributed by atoms with Gasteiger partial charge in [0.15, 0.2) is 0 Å². The van der Waals surface area contributed by atoms with E-state index in [2.05, 4.69) is 42.4 Å². The second-order valence-corrected chi connectivity index (χ2v) is 3.52. The molecule has 0 aliphatic rings. The second-order valence-electron chi connectivity index (χ2n) is 3.52. The normalized spacial score (nSPS) is 10.8. The Hall–Kier alpha value is -0.830. The molecule has 1 aromatic rings. The van der Waals surface area contributed by atoms with Gasteiger partial charge >= 0.3 is 0 Å². The lowest BCUT2D eigenvalue weighted by Gasteiger charge is -1.98. The predicted molar refractivity (Wildman–Crippen MR) is 56.1 cm³/mol. The molecule has 0 amide bonds. The fourth-order valence-electron chi connectivity index (χ4n) is 1.49. The highest BCUT2D eigenvalue weighted by Crippen LogP contribution is 1.94. The molecule has 0 saturated carbocycles. The summed E-state index contributed by atoms with van der Waals surface area (Å²) in [6, 6.07) is 0. The zero-order chi connectivity index (χ0) is 10.4. The summed E-state index contributed by atoms with van der Waals surface area (Å²) in [6.07, 6.45) is 5.41. The molecule has 3 nitrogen and oxygen atoms in total. The molecule has 0 fully saturated rings. The van der Waals surface area contributed by atoms with E-state index in [0.717, 1.165) is 32.7 Å². The summed E-state index contributed by atoms with van der Waals surface area (Å²) in [5, 5.41) is 0. The van der Waals surface area contributed by atoms with Crippen molar-refractivity contribution < 1.29 is 9.30 Å². The number of imidazole rings is 1. The van der Waals surface area contributed by atoms with Crippen molar-refractivity contribution >= 4 is 0 Å². The number of hydrogen-bond donors (Lipinski definition) is 0. The molecule has 0 unspecified atom stereocenters. The molecule has 0 bridgehead atoms. The summed E-state index contributed by atoms with van der Waals surface area (Å²) < 4.78 is 9.86. The van der Waals surface area contributed by atoms with Gasteiger partial charge in [0.05, 0.1) is 13.2 Å². The van der Waals surface area contributed by atoms with Gasteiger partial charge in [-0.15, -0.1) is 0 Å². The molecule has 3 heteroatoms. The fraction of sp³-hybridized carbons (Fsp3) is 0.727. The Kier molecular flexibility index (Phi) is 4.66. The maximum atomic E-state index is 5.44. The minimum absolute atomic E-state index is 0.811. The molecule has 1 aromatic heterocycles. The van der Waals surface area contributed by atoms with Crippen LogP contribution in [0.2, 0.25) is 0 Å². The third-order valence-corrected chi connectivity index (χ3v) is 2.28. The lowest BCUT2D eigenvalue weighted by Crippen LogP contribution is -2.33. The zero-order valence-electron chi connectivity index (χ0n) is 9.49. The van der Waals surface area contributed by atoms with Crippen LogP contribution < -0.4 is 4.57 Å². The molecule has 0 aromatic carbocycles. The number of rotatable bonds is 6. The Morgan fingerprint density at radius 3 is 2.71 bits per heavy atom. The molecule has 1 heterocycles. The maximum Gasteiger partial charge on any atom is 0.244 e. The molecule has 14 heavy (non-hydrogen) atoms. The van der Waals surface area contributed by atoms with Gasteiger partial charge in [-0.2, -0.15) is 0 Å². The van der Waals surface area contributed by atoms with Gasteiger partial charge in [0, 0.05) is 13.5 Å². The van der Waals surface area contributed by atoms with Crippen molar-refractivity contribution in [3.63, 3.8) is 0 Å². The maximum absolute atomic E-state index is 5.44. The lowest BCUT2D eigenvalue weighted by atomic mass is 10.5. The van der Waals surface area contributed by atoms with Crippen LogP contribution in [0.4, 0.5) is 0 Å². The van der Waals surface area contributed by atoms with Crippen molar-refractivity contribution in [2.75, 3.05) is 13.2 Å². The SMILES string of the molecule is CCCOCC[n+]1cc(C)n(CC)c1. The van der Waals surface area contributed by atoms with Crippen molar-refractivity contribution in [3.8, 4) is 0 Å². The Morgan fingerprint density at radius 1 is 1.36 bits per heavy atom. The van der Waals surface area contributed by atoms with Gasteiger partial charge < -0.3 is 4.74 Å². The first-order valence-electron chi connectivity index (χ1n) is 5.41. The quantitative estimate of drug-likeness (QED) is 0.499. The number of ether oxygens (including phenoxy) is 1. The van der Waals surface area contributed by atoms with Gasteiger partial charge in [0.2, 0.25) is 6.33 Å². The summed E-state index contributed by atoms with van der Waals surface area (Å²) in [7, 11) is 0. The van der Waals surface area contributed by atoms with E-state index in [9.17, 15) is 0 Å². The molecule has 80 valence electrons. The Morgan fingerprint density at radius 2 is 2.14 bits per heavy atom. The third kappa shape index (κ3) is 3.14. The fourth-order valence-corrected chi connectivity index (χ4v) is 1.49. The van der Waals surface area contributed by atoms with Crippen molar-refractivity contribution in [2.45, 2.75) is 40.3 Å². The molecule has 0 N–H and O–H groups in total. The summed E-state index contributed by atoms with van der Waals surface area (Å²) >= 11 is 0. The van der Waals surface area contributed by atoms with E-state index in [-0.39, 0.29) is 0 Å². The van der Waals surface area contributed by atoms with E-state index < -0.39 is 0 Å². The van der Waals surface area contributed by atoms with Gasteiger partial charge in [-0.3, -0.25) is 0 Å². The number of hydrogen-bond acceptors (Lipinski definition) is 1. The zero-order valence-corrected chi connectivity index (χ0v) is 9.49. The van der Waals surface area contributed by atoms with E-state index in [4.69, 9.17) is 4.74 Å². The minimum Gasteiger partial charge on any atom is -0.377 e. The van der Waals surface area contributed by atoms with E-state index in [1.807, 2.05) is 0 Å². The van der Waals surface area contributed by atoms with E-state index in [0.29, 0.717) is 0 Å². The third-order valence-electron chi connectivity index (χ3n) is 2.28. The molecular weight excluding hydrogens is 176 g/mol. The summed E-state index contributed by atoms with van der Waals surface area (Å²) in [4.78, 5) is 0. The molecule has 0 radical (unpaired) electrons. The van der Waals surface area contributed by atoms with Gasteiger partial charge in [-0.05, 0) is 13.3 Å². The first-order valence-corrected chi connectivity index (χ1v) is 5.41. The molecule has 0 saturated heterocycles. The molecular formula is C11H21N2O+. The second kappa shape index (κ2) is 5.81. The van der Waals surface area contributed by atoms with Gasteiger partial charge in [0.25, 0.3) is 0 Å². The Labute approximate surface area is 86.3 Å². The van der Waals surface area contributed by atoms with Crippen LogP contribution in [-0.2, 0) is 17.8 Å². The highest BCUT2D eigenvalue weighted by Gasteiger charge is 2.06. The lowest BCUT2D eigenvalue weighted by molar-refractivity contribution is -0.698. The van der Waals surface area contributed by atoms with Crippen LogP contribution in [0.5, 0.6) is 0 Å². The van der Waals surface area contributed by atoms with E-state index in [1.165, 1.54) is 5.69 Å². The van der Waals surface area contributed by atoms with E-state index in [1.54, 1.807) is 0 Å². The Bertz CT molecular complexity index is 268. The van der Waals surface area contributed by atoms with Crippen molar-refractivity contribution in [3.05, 3.63) is 18.2 Å². The molecule has 0 aliphatic heterocycles. The van der Waals surface area contributed by atoms with Crippen LogP contribution in [0.25, 0.3) is 0 Å². The van der Waals surface area contributed by atoms with Crippen LogP contribution >= 0.6 is 0 Å². The standard InChI is InChI=1S/C11H21N2O/c1-4-7-14-8-6-12-9-11(3)13(5-2)10-12/h9-10H,4-8H2,1-3H3/q+1. The summed E-state index contributed by atoms with van der Waals surface area (Å²) in [5.74, 6) is 0. The largest absolute Gasteiger partial charge is 0.377 e. The van der Waals surface area contributed by atoms with Crippen molar-refractivity contribution in [1.29, 1.82) is 0 Å². The van der Waals surface area contributed by atoms with Crippen LogP contribution in [0.3, 0.4) is 0 Å². The molecule has 1 rings (SSSR count). The first kappa shape index (κ1) is 11.2. The highest BCUT2D eigenvalue weighted by molar-refractivity contribution is 4.88. The average Bonchev–Trinajstić information content (AvgIpc) is 2.54. The summed E-state index contributed by atoms with van der Waals surface area (Å²) in [6.45, 7) is 10.1. The van der Waals surface area contributed by atoms with E-state index >= 15 is 0 Å².